The first kappa shape index (κ1) is 20.0. The number of nitrogens with zero attached hydrogens (tertiary/aromatic N) is 5. The number of methoxy groups -OCH3 is 1. The smallest absolute Gasteiger partial charge is 0.228 e. The molecule has 0 bridgehead atoms. The summed E-state index contributed by atoms with van der Waals surface area (Å²) in [6.07, 6.45) is 5.41. The molecule has 4 N–H and O–H groups in total. The molecule has 0 unspecified atom stereocenters. The number of nitrogens with one attached hydrogen (secondary N) is 2. The van der Waals surface area contributed by atoms with Crippen LogP contribution in [-0.4, -0.2) is 59.9 Å². The highest BCUT2D eigenvalue weighted by Gasteiger charge is 2.18. The average Bonchev–Trinajstić information content (AvgIpc) is 2.84. The third-order valence-electron chi connectivity index (χ3n) is 5.34. The van der Waals surface area contributed by atoms with Gasteiger partial charge in [0.25, 0.3) is 0 Å². The van der Waals surface area contributed by atoms with Crippen molar-refractivity contribution in [3.8, 4) is 17.0 Å². The van der Waals surface area contributed by atoms with Gasteiger partial charge < -0.3 is 30.7 Å². The van der Waals surface area contributed by atoms with Crippen molar-refractivity contribution in [2.24, 2.45) is 0 Å². The Morgan fingerprint density at radius 1 is 1.16 bits per heavy atom. The van der Waals surface area contributed by atoms with E-state index in [4.69, 9.17) is 25.2 Å². The van der Waals surface area contributed by atoms with E-state index in [-0.39, 0.29) is 5.95 Å². The molecule has 0 spiro atoms. The summed E-state index contributed by atoms with van der Waals surface area (Å²) in [6.45, 7) is 3.39. The predicted octanol–water partition coefficient (Wildman–Crippen LogP) is 2.24. The molecule has 2 aromatic heterocycles. The van der Waals surface area contributed by atoms with Gasteiger partial charge >= 0.3 is 0 Å². The number of aromatic nitrogens is 4. The number of nitrogen functional groups attached to an aromatic ring is 1. The van der Waals surface area contributed by atoms with Crippen molar-refractivity contribution in [2.75, 3.05) is 61.2 Å². The molecule has 3 aromatic rings. The second-order valence-corrected chi connectivity index (χ2v) is 7.44. The van der Waals surface area contributed by atoms with Crippen LogP contribution in [0.2, 0.25) is 0 Å². The maximum atomic E-state index is 5.65. The number of nitrogens with two attached hydrogens (primary N) is 1. The van der Waals surface area contributed by atoms with Gasteiger partial charge in [0.05, 0.1) is 32.6 Å². The molecule has 0 radical (unpaired) electrons. The monoisotopic (exact) mass is 432 g/mol. The molecular formula is C22H24N8O2. The summed E-state index contributed by atoms with van der Waals surface area (Å²) < 4.78 is 11.0. The fourth-order valence-electron chi connectivity index (χ4n) is 3.71. The molecule has 0 saturated carbocycles. The van der Waals surface area contributed by atoms with Gasteiger partial charge in [-0.05, 0) is 18.2 Å². The summed E-state index contributed by atoms with van der Waals surface area (Å²) in [5, 5.41) is 6.87. The van der Waals surface area contributed by atoms with Gasteiger partial charge in [-0.15, -0.1) is 0 Å². The van der Waals surface area contributed by atoms with E-state index in [9.17, 15) is 0 Å². The standard InChI is InChI=1S/C22H24N8O2/c1-31-19-4-2-3-17-16(19)9-15(13-24-17)27-20-10-18(14-11-25-21(23)26-12-14)28-22(29-20)30-5-7-32-8-6-30/h2-4,9-12,24H,5-8,13H2,1H3,(H2,23,25,26)(H,27,28,29). The molecule has 0 atom stereocenters. The summed E-state index contributed by atoms with van der Waals surface area (Å²) >= 11 is 0. The lowest BCUT2D eigenvalue weighted by Gasteiger charge is -2.27. The molecule has 4 heterocycles. The second kappa shape index (κ2) is 8.67. The minimum absolute atomic E-state index is 0.223. The number of fused-ring (bicyclic) bond motifs is 1. The fraction of sp³-hybridized carbons (Fsp3) is 0.273. The average molecular weight is 432 g/mol. The molecule has 10 nitrogen and oxygen atoms in total. The van der Waals surface area contributed by atoms with Crippen molar-refractivity contribution in [2.45, 2.75) is 0 Å². The Bertz CT molecular complexity index is 1140. The van der Waals surface area contributed by atoms with Gasteiger partial charge in [0.15, 0.2) is 0 Å². The van der Waals surface area contributed by atoms with Gasteiger partial charge in [0.2, 0.25) is 11.9 Å². The molecule has 1 saturated heterocycles. The van der Waals surface area contributed by atoms with Crippen LogP contribution in [-0.2, 0) is 4.74 Å². The molecule has 0 aliphatic carbocycles. The summed E-state index contributed by atoms with van der Waals surface area (Å²) in [6, 6.07) is 7.83. The Morgan fingerprint density at radius 2 is 1.97 bits per heavy atom. The first-order chi connectivity index (χ1) is 15.7. The Morgan fingerprint density at radius 3 is 2.75 bits per heavy atom. The normalized spacial score (nSPS) is 15.4. The Hall–Kier alpha value is -3.92. The molecule has 10 heteroatoms. The third kappa shape index (κ3) is 4.12. The Kier molecular flexibility index (Phi) is 5.42. The predicted molar refractivity (Wildman–Crippen MR) is 124 cm³/mol. The van der Waals surface area contributed by atoms with Crippen LogP contribution in [0.1, 0.15) is 5.56 Å². The number of anilines is 4. The van der Waals surface area contributed by atoms with Crippen molar-refractivity contribution in [3.05, 3.63) is 47.9 Å². The summed E-state index contributed by atoms with van der Waals surface area (Å²) in [5.74, 6) is 2.35. The maximum absolute atomic E-state index is 5.65. The van der Waals surface area contributed by atoms with Crippen LogP contribution in [0.5, 0.6) is 5.75 Å². The van der Waals surface area contributed by atoms with E-state index in [0.29, 0.717) is 37.2 Å². The van der Waals surface area contributed by atoms with Crippen LogP contribution < -0.4 is 26.0 Å². The number of hydrogen-bond donors (Lipinski definition) is 3. The third-order valence-corrected chi connectivity index (χ3v) is 5.34. The van der Waals surface area contributed by atoms with Gasteiger partial charge in [0, 0.05) is 54.1 Å². The van der Waals surface area contributed by atoms with E-state index in [1.165, 1.54) is 0 Å². The molecule has 1 fully saturated rings. The quantitative estimate of drug-likeness (QED) is 0.553. The van der Waals surface area contributed by atoms with Crippen molar-refractivity contribution in [1.82, 2.24) is 19.9 Å². The minimum Gasteiger partial charge on any atom is -0.496 e. The lowest BCUT2D eigenvalue weighted by atomic mass is 10.1. The molecule has 5 rings (SSSR count). The summed E-state index contributed by atoms with van der Waals surface area (Å²) in [7, 11) is 1.67. The van der Waals surface area contributed by atoms with Crippen molar-refractivity contribution in [3.63, 3.8) is 0 Å². The number of rotatable bonds is 5. The molecule has 1 aromatic carbocycles. The second-order valence-electron chi connectivity index (χ2n) is 7.44. The molecule has 2 aliphatic rings. The number of morpholine rings is 1. The Labute approximate surface area is 185 Å². The highest BCUT2D eigenvalue weighted by atomic mass is 16.5. The maximum Gasteiger partial charge on any atom is 0.228 e. The van der Waals surface area contributed by atoms with Crippen LogP contribution in [0, 0.1) is 0 Å². The zero-order valence-corrected chi connectivity index (χ0v) is 17.7. The van der Waals surface area contributed by atoms with Crippen LogP contribution in [0.15, 0.2) is 42.4 Å². The van der Waals surface area contributed by atoms with Crippen LogP contribution >= 0.6 is 0 Å². The van der Waals surface area contributed by atoms with E-state index in [1.54, 1.807) is 19.5 Å². The number of hydrogen-bond acceptors (Lipinski definition) is 10. The van der Waals surface area contributed by atoms with E-state index >= 15 is 0 Å². The lowest BCUT2D eigenvalue weighted by Crippen LogP contribution is -2.37. The minimum atomic E-state index is 0.223. The molecule has 32 heavy (non-hydrogen) atoms. The fourth-order valence-corrected chi connectivity index (χ4v) is 3.71. The topological polar surface area (TPSA) is 123 Å². The first-order valence-electron chi connectivity index (χ1n) is 10.4. The van der Waals surface area contributed by atoms with Crippen molar-refractivity contribution < 1.29 is 9.47 Å². The zero-order chi connectivity index (χ0) is 21.9. The van der Waals surface area contributed by atoms with Crippen LogP contribution in [0.4, 0.5) is 23.4 Å². The first-order valence-corrected chi connectivity index (χ1v) is 10.4. The highest BCUT2D eigenvalue weighted by Crippen LogP contribution is 2.32. The summed E-state index contributed by atoms with van der Waals surface area (Å²) in [5.41, 5.74) is 10.1. The van der Waals surface area contributed by atoms with E-state index < -0.39 is 0 Å². The van der Waals surface area contributed by atoms with Crippen LogP contribution in [0.3, 0.4) is 0 Å². The SMILES string of the molecule is COc1cccc2c1C=C(Nc1cc(-c3cnc(N)nc3)nc(N3CCOCC3)n1)CN2. The van der Waals surface area contributed by atoms with Crippen molar-refractivity contribution in [1.29, 1.82) is 0 Å². The van der Waals surface area contributed by atoms with E-state index in [1.807, 2.05) is 24.3 Å². The Balaban J connectivity index is 1.50. The number of ether oxygens (including phenoxy) is 2. The van der Waals surface area contributed by atoms with E-state index in [2.05, 4.69) is 31.6 Å². The molecular weight excluding hydrogens is 408 g/mol. The lowest BCUT2D eigenvalue weighted by molar-refractivity contribution is 0.122. The van der Waals surface area contributed by atoms with Gasteiger partial charge in [-0.3, -0.25) is 0 Å². The molecule has 0 amide bonds. The van der Waals surface area contributed by atoms with Gasteiger partial charge in [-0.25, -0.2) is 15.0 Å². The number of benzene rings is 1. The van der Waals surface area contributed by atoms with Crippen molar-refractivity contribution >= 4 is 29.5 Å². The zero-order valence-electron chi connectivity index (χ0n) is 17.7. The van der Waals surface area contributed by atoms with Gasteiger partial charge in [-0.2, -0.15) is 4.98 Å². The highest BCUT2D eigenvalue weighted by molar-refractivity contribution is 5.78. The van der Waals surface area contributed by atoms with Gasteiger partial charge in [0.1, 0.15) is 11.6 Å². The van der Waals surface area contributed by atoms with Gasteiger partial charge in [-0.1, -0.05) is 6.07 Å². The van der Waals surface area contributed by atoms with E-state index in [0.717, 1.165) is 41.4 Å². The van der Waals surface area contributed by atoms with Crippen LogP contribution in [0.25, 0.3) is 17.3 Å². The molecule has 164 valence electrons. The largest absolute Gasteiger partial charge is 0.496 e. The molecule has 2 aliphatic heterocycles. The summed E-state index contributed by atoms with van der Waals surface area (Å²) in [4.78, 5) is 19.9.